The minimum Gasteiger partial charge on any atom is -0.504 e. The number of rotatable bonds is 2. The van der Waals surface area contributed by atoms with E-state index in [1.165, 1.54) is 14.2 Å². The number of aromatic nitrogens is 1. The smallest absolute Gasteiger partial charge is 0.254 e. The SMILES string of the molecule is COc1[nH]c(=O)cc(O)c1OC. The third-order valence-corrected chi connectivity index (χ3v) is 1.35. The van der Waals surface area contributed by atoms with Gasteiger partial charge in [0.25, 0.3) is 5.56 Å². The number of nitrogens with one attached hydrogen (secondary N) is 1. The van der Waals surface area contributed by atoms with Crippen LogP contribution >= 0.6 is 0 Å². The molecule has 0 amide bonds. The third kappa shape index (κ3) is 1.34. The molecule has 0 bridgehead atoms. The van der Waals surface area contributed by atoms with E-state index in [1.807, 2.05) is 0 Å². The van der Waals surface area contributed by atoms with Crippen LogP contribution in [0.1, 0.15) is 0 Å². The van der Waals surface area contributed by atoms with E-state index in [2.05, 4.69) is 4.98 Å². The molecule has 0 atom stereocenters. The van der Waals surface area contributed by atoms with Crippen LogP contribution in [0.2, 0.25) is 0 Å². The van der Waals surface area contributed by atoms with E-state index >= 15 is 0 Å². The first-order chi connectivity index (χ1) is 5.69. The maximum absolute atomic E-state index is 10.8. The summed E-state index contributed by atoms with van der Waals surface area (Å²) < 4.78 is 9.53. The summed E-state index contributed by atoms with van der Waals surface area (Å²) in [4.78, 5) is 13.1. The van der Waals surface area contributed by atoms with Gasteiger partial charge in [-0.25, -0.2) is 0 Å². The van der Waals surface area contributed by atoms with Crippen LogP contribution in [0.15, 0.2) is 10.9 Å². The Morgan fingerprint density at radius 3 is 2.58 bits per heavy atom. The molecule has 66 valence electrons. The van der Waals surface area contributed by atoms with Gasteiger partial charge in [-0.3, -0.25) is 9.78 Å². The molecule has 0 saturated heterocycles. The lowest BCUT2D eigenvalue weighted by Gasteiger charge is -2.06. The summed E-state index contributed by atoms with van der Waals surface area (Å²) in [5.41, 5.74) is -0.440. The van der Waals surface area contributed by atoms with Gasteiger partial charge in [0.2, 0.25) is 11.6 Å². The van der Waals surface area contributed by atoms with E-state index in [-0.39, 0.29) is 17.4 Å². The van der Waals surface area contributed by atoms with Gasteiger partial charge in [-0.1, -0.05) is 0 Å². The van der Waals surface area contributed by atoms with Crippen molar-refractivity contribution in [2.24, 2.45) is 0 Å². The first kappa shape index (κ1) is 8.45. The molecule has 0 aromatic carbocycles. The second kappa shape index (κ2) is 3.17. The Labute approximate surface area is 68.6 Å². The van der Waals surface area contributed by atoms with Crippen molar-refractivity contribution in [3.05, 3.63) is 16.4 Å². The lowest BCUT2D eigenvalue weighted by atomic mass is 10.4. The van der Waals surface area contributed by atoms with Crippen molar-refractivity contribution >= 4 is 0 Å². The zero-order valence-corrected chi connectivity index (χ0v) is 6.75. The highest BCUT2D eigenvalue weighted by Crippen LogP contribution is 2.31. The van der Waals surface area contributed by atoms with Crippen molar-refractivity contribution in [2.45, 2.75) is 0 Å². The molecule has 1 rings (SSSR count). The van der Waals surface area contributed by atoms with Gasteiger partial charge in [-0.15, -0.1) is 0 Å². The molecule has 1 aromatic heterocycles. The quantitative estimate of drug-likeness (QED) is 0.661. The number of methoxy groups -OCH3 is 2. The van der Waals surface area contributed by atoms with Crippen LogP contribution in [0.5, 0.6) is 17.4 Å². The molecule has 12 heavy (non-hydrogen) atoms. The summed E-state index contributed by atoms with van der Waals surface area (Å²) >= 11 is 0. The van der Waals surface area contributed by atoms with Gasteiger partial charge >= 0.3 is 0 Å². The second-order valence-electron chi connectivity index (χ2n) is 2.09. The predicted octanol–water partition coefficient (Wildman–Crippen LogP) is 0.0977. The standard InChI is InChI=1S/C7H9NO4/c1-11-6-4(9)3-5(10)8-7(6)12-2/h3H,1-2H3,(H2,8,9,10). The molecule has 0 aliphatic rings. The average Bonchev–Trinajstić information content (AvgIpc) is 2.03. The highest BCUT2D eigenvalue weighted by Gasteiger charge is 2.09. The molecule has 5 heteroatoms. The van der Waals surface area contributed by atoms with Gasteiger partial charge in [0.05, 0.1) is 14.2 Å². The van der Waals surface area contributed by atoms with Crippen molar-refractivity contribution in [3.63, 3.8) is 0 Å². The lowest BCUT2D eigenvalue weighted by Crippen LogP contribution is -2.06. The van der Waals surface area contributed by atoms with Crippen LogP contribution in [-0.4, -0.2) is 24.3 Å². The summed E-state index contributed by atoms with van der Waals surface area (Å²) in [5.74, 6) is -0.00213. The van der Waals surface area contributed by atoms with Crippen LogP contribution in [0.3, 0.4) is 0 Å². The number of hydrogen-bond acceptors (Lipinski definition) is 4. The normalized spacial score (nSPS) is 9.50. The summed E-state index contributed by atoms with van der Waals surface area (Å²) in [6.07, 6.45) is 0. The molecule has 0 saturated carbocycles. The Balaban J connectivity index is 3.33. The molecule has 0 fully saturated rings. The minimum atomic E-state index is -0.440. The summed E-state index contributed by atoms with van der Waals surface area (Å²) in [5, 5.41) is 9.18. The zero-order chi connectivity index (χ0) is 9.14. The van der Waals surface area contributed by atoms with E-state index in [9.17, 15) is 9.90 Å². The Bertz CT molecular complexity index is 331. The van der Waals surface area contributed by atoms with Crippen LogP contribution in [0, 0.1) is 0 Å². The minimum absolute atomic E-state index is 0.113. The number of ether oxygens (including phenoxy) is 2. The number of H-pyrrole nitrogens is 1. The highest BCUT2D eigenvalue weighted by molar-refractivity contribution is 5.45. The van der Waals surface area contributed by atoms with Gasteiger partial charge in [0.15, 0.2) is 5.75 Å². The molecule has 0 spiro atoms. The molecule has 0 unspecified atom stereocenters. The van der Waals surface area contributed by atoms with E-state index in [0.717, 1.165) is 6.07 Å². The van der Waals surface area contributed by atoms with Gasteiger partial charge in [-0.05, 0) is 0 Å². The van der Waals surface area contributed by atoms with Crippen molar-refractivity contribution in [3.8, 4) is 17.4 Å². The van der Waals surface area contributed by atoms with Gasteiger partial charge < -0.3 is 14.6 Å². The van der Waals surface area contributed by atoms with Gasteiger partial charge in [0, 0.05) is 6.07 Å². The third-order valence-electron chi connectivity index (χ3n) is 1.35. The largest absolute Gasteiger partial charge is 0.504 e. The Kier molecular flexibility index (Phi) is 2.23. The highest BCUT2D eigenvalue weighted by atomic mass is 16.5. The fraction of sp³-hybridized carbons (Fsp3) is 0.286. The molecular weight excluding hydrogens is 162 g/mol. The molecule has 2 N–H and O–H groups in total. The number of pyridine rings is 1. The summed E-state index contributed by atoms with van der Waals surface area (Å²) in [7, 11) is 2.74. The maximum atomic E-state index is 10.8. The lowest BCUT2D eigenvalue weighted by molar-refractivity contribution is 0.322. The predicted molar refractivity (Wildman–Crippen MR) is 41.8 cm³/mol. The average molecular weight is 171 g/mol. The summed E-state index contributed by atoms with van der Waals surface area (Å²) in [6.45, 7) is 0. The Morgan fingerprint density at radius 2 is 2.08 bits per heavy atom. The van der Waals surface area contributed by atoms with Crippen LogP contribution in [0.25, 0.3) is 0 Å². The van der Waals surface area contributed by atoms with Gasteiger partial charge in [0.1, 0.15) is 0 Å². The maximum Gasteiger partial charge on any atom is 0.254 e. The molecular formula is C7H9NO4. The van der Waals surface area contributed by atoms with E-state index in [1.54, 1.807) is 0 Å². The fourth-order valence-corrected chi connectivity index (χ4v) is 0.852. The van der Waals surface area contributed by atoms with E-state index in [4.69, 9.17) is 9.47 Å². The van der Waals surface area contributed by atoms with Gasteiger partial charge in [-0.2, -0.15) is 0 Å². The topological polar surface area (TPSA) is 71.6 Å². The van der Waals surface area contributed by atoms with Crippen molar-refractivity contribution in [1.82, 2.24) is 4.98 Å². The monoisotopic (exact) mass is 171 g/mol. The first-order valence-electron chi connectivity index (χ1n) is 3.23. The van der Waals surface area contributed by atoms with Crippen molar-refractivity contribution in [2.75, 3.05) is 14.2 Å². The van der Waals surface area contributed by atoms with E-state index in [0.29, 0.717) is 0 Å². The Hall–Kier alpha value is -1.65. The molecule has 0 radical (unpaired) electrons. The number of aromatic hydroxyl groups is 1. The van der Waals surface area contributed by atoms with Crippen LogP contribution < -0.4 is 15.0 Å². The molecule has 1 aromatic rings. The van der Waals surface area contributed by atoms with Crippen LogP contribution in [-0.2, 0) is 0 Å². The fourth-order valence-electron chi connectivity index (χ4n) is 0.852. The summed E-state index contributed by atoms with van der Waals surface area (Å²) in [6, 6.07) is 1.02. The Morgan fingerprint density at radius 1 is 1.42 bits per heavy atom. The van der Waals surface area contributed by atoms with Crippen molar-refractivity contribution in [1.29, 1.82) is 0 Å². The molecule has 5 nitrogen and oxygen atoms in total. The zero-order valence-electron chi connectivity index (χ0n) is 6.75. The second-order valence-corrected chi connectivity index (χ2v) is 2.09. The molecule has 1 heterocycles. The van der Waals surface area contributed by atoms with Crippen molar-refractivity contribution < 1.29 is 14.6 Å². The number of aromatic amines is 1. The van der Waals surface area contributed by atoms with Crippen LogP contribution in [0.4, 0.5) is 0 Å². The number of hydrogen-bond donors (Lipinski definition) is 2. The molecule has 0 aliphatic heterocycles. The van der Waals surface area contributed by atoms with E-state index < -0.39 is 5.56 Å². The first-order valence-corrected chi connectivity index (χ1v) is 3.23. The molecule has 0 aliphatic carbocycles.